The molecule has 3 heteroatoms. The van der Waals surface area contributed by atoms with Gasteiger partial charge in [0.2, 0.25) is 0 Å². The molecule has 5 N–H and O–H groups in total. The average Bonchev–Trinajstić information content (AvgIpc) is 1.69. The summed E-state index contributed by atoms with van der Waals surface area (Å²) in [4.78, 5) is 0. The van der Waals surface area contributed by atoms with Crippen molar-refractivity contribution in [2.75, 3.05) is 0 Å². The first kappa shape index (κ1) is 7.46. The fourth-order valence-electron chi connectivity index (χ4n) is 0.443. The number of rotatable bonds is 0. The van der Waals surface area contributed by atoms with Gasteiger partial charge in [0.05, 0.1) is 0 Å². The molecule has 8 heavy (non-hydrogen) atoms. The van der Waals surface area contributed by atoms with Crippen LogP contribution in [0.4, 0.5) is 0 Å². The van der Waals surface area contributed by atoms with Crippen LogP contribution in [0.1, 0.15) is 6.42 Å². The number of hydrogen-bond acceptors (Lipinski definition) is 2. The molecule has 0 aromatic rings. The molecule has 1 aliphatic rings. The fourth-order valence-corrected chi connectivity index (χ4v) is 0.607. The van der Waals surface area contributed by atoms with E-state index in [1.165, 1.54) is 0 Å². The predicted molar refractivity (Wildman–Crippen MR) is 38.3 cm³/mol. The van der Waals surface area contributed by atoms with Crippen molar-refractivity contribution in [1.29, 1.82) is 0 Å². The quantitative estimate of drug-likeness (QED) is 0.485. The zero-order valence-corrected chi connectivity index (χ0v) is 5.66. The first-order valence-electron chi connectivity index (χ1n) is 2.18. The highest BCUT2D eigenvalue weighted by Crippen LogP contribution is 1.95. The van der Waals surface area contributed by atoms with Gasteiger partial charge < -0.3 is 24.1 Å². The molecule has 1 rings (SSSR count). The third-order valence-corrected chi connectivity index (χ3v) is 1.07. The number of dihydropyridines is 1. The van der Waals surface area contributed by atoms with Crippen LogP contribution in [0.5, 0.6) is 0 Å². The molecule has 0 bridgehead atoms. The number of nitrogens with one attached hydrogen (secondary N) is 1. The Hall–Kier alpha value is -0.540. The van der Waals surface area contributed by atoms with Crippen LogP contribution in [0.25, 0.3) is 0 Å². The van der Waals surface area contributed by atoms with Crippen LogP contribution in [0.15, 0.2) is 23.4 Å². The Bertz CT molecular complexity index is 118. The zero-order valence-electron chi connectivity index (χ0n) is 4.85. The van der Waals surface area contributed by atoms with Gasteiger partial charge >= 0.3 is 0 Å². The number of hydrogen-bond donors (Lipinski definition) is 2. The molecule has 1 aliphatic heterocycles. The van der Waals surface area contributed by atoms with Gasteiger partial charge in [-0.15, -0.1) is 5.03 Å². The Morgan fingerprint density at radius 3 is 2.62 bits per heavy atom. The molecule has 1 heterocycles. The lowest BCUT2D eigenvalue weighted by Crippen LogP contribution is -2.03. The first-order valence-corrected chi connectivity index (χ1v) is 2.59. The van der Waals surface area contributed by atoms with Gasteiger partial charge in [-0.1, -0.05) is 12.2 Å². The van der Waals surface area contributed by atoms with Gasteiger partial charge in [-0.2, -0.15) is 0 Å². The minimum absolute atomic E-state index is 0. The van der Waals surface area contributed by atoms with Crippen molar-refractivity contribution in [1.82, 2.24) is 11.5 Å². The van der Waals surface area contributed by atoms with E-state index in [9.17, 15) is 0 Å². The second-order valence-corrected chi connectivity index (χ2v) is 1.79. The minimum Gasteiger partial charge on any atom is -0.763 e. The normalized spacial score (nSPS) is 15.8. The summed E-state index contributed by atoms with van der Waals surface area (Å²) >= 11 is 4.79. The maximum atomic E-state index is 4.79. The van der Waals surface area contributed by atoms with Crippen molar-refractivity contribution >= 4 is 12.6 Å². The van der Waals surface area contributed by atoms with E-state index in [0.29, 0.717) is 0 Å². The highest BCUT2D eigenvalue weighted by Gasteiger charge is 1.77. The maximum absolute atomic E-state index is 4.79. The van der Waals surface area contributed by atoms with Crippen LogP contribution in [-0.4, -0.2) is 0 Å². The molecule has 0 unspecified atom stereocenters. The highest BCUT2D eigenvalue weighted by atomic mass is 32.1. The Labute approximate surface area is 54.7 Å². The van der Waals surface area contributed by atoms with Gasteiger partial charge in [0.1, 0.15) is 0 Å². The molecule has 0 aromatic carbocycles. The first-order chi connectivity index (χ1) is 3.39. The van der Waals surface area contributed by atoms with Gasteiger partial charge in [0, 0.05) is 0 Å². The van der Waals surface area contributed by atoms with Crippen molar-refractivity contribution in [3.8, 4) is 0 Å². The lowest BCUT2D eigenvalue weighted by atomic mass is 10.4. The lowest BCUT2D eigenvalue weighted by Gasteiger charge is -2.13. The van der Waals surface area contributed by atoms with E-state index in [-0.39, 0.29) is 6.15 Å². The number of allylic oxidation sites excluding steroid dienone is 2. The van der Waals surface area contributed by atoms with Gasteiger partial charge in [0.15, 0.2) is 0 Å². The third kappa shape index (κ3) is 1.95. The summed E-state index contributed by atoms with van der Waals surface area (Å²) in [5.74, 6) is 0. The summed E-state index contributed by atoms with van der Waals surface area (Å²) in [5, 5.41) is 3.71. The van der Waals surface area contributed by atoms with Crippen LogP contribution in [0.2, 0.25) is 0 Å². The second kappa shape index (κ2) is 3.46. The zero-order chi connectivity index (χ0) is 5.11. The monoisotopic (exact) mass is 130 g/mol. The molecular weight excluding hydrogens is 120 g/mol. The van der Waals surface area contributed by atoms with E-state index in [1.807, 2.05) is 18.4 Å². The van der Waals surface area contributed by atoms with Gasteiger partial charge in [-0.25, -0.2) is 0 Å². The number of quaternary nitrogens is 1. The molecule has 0 saturated carbocycles. The molecule has 0 radical (unpaired) electrons. The minimum atomic E-state index is 0. The topological polar surface area (TPSA) is 48.5 Å². The van der Waals surface area contributed by atoms with Gasteiger partial charge in [-0.05, 0) is 12.6 Å². The van der Waals surface area contributed by atoms with Crippen LogP contribution in [0.3, 0.4) is 0 Å². The van der Waals surface area contributed by atoms with Crippen LogP contribution in [0, 0.1) is 0 Å². The molecule has 0 fully saturated rings. The molecular formula is C5H10N2S. The molecule has 0 aliphatic carbocycles. The highest BCUT2D eigenvalue weighted by molar-refractivity contribution is 7.63. The average molecular weight is 130 g/mol. The SMILES string of the molecule is [NH4+].[S-]C1=CCC=CN1. The molecule has 0 amide bonds. The summed E-state index contributed by atoms with van der Waals surface area (Å²) in [6.45, 7) is 0. The molecule has 0 spiro atoms. The molecule has 0 saturated heterocycles. The van der Waals surface area contributed by atoms with E-state index in [2.05, 4.69) is 5.32 Å². The van der Waals surface area contributed by atoms with E-state index in [1.54, 1.807) is 0 Å². The van der Waals surface area contributed by atoms with Crippen molar-refractivity contribution in [2.45, 2.75) is 6.42 Å². The smallest absolute Gasteiger partial charge is 0.00472 e. The summed E-state index contributed by atoms with van der Waals surface area (Å²) in [6, 6.07) is 0. The lowest BCUT2D eigenvalue weighted by molar-refractivity contribution is 1.09. The molecule has 0 atom stereocenters. The summed E-state index contributed by atoms with van der Waals surface area (Å²) < 4.78 is 0. The predicted octanol–water partition coefficient (Wildman–Crippen LogP) is 1.26. The maximum Gasteiger partial charge on any atom is -0.00472 e. The van der Waals surface area contributed by atoms with Gasteiger partial charge in [-0.3, -0.25) is 0 Å². The largest absolute Gasteiger partial charge is 0.763 e. The molecule has 0 aromatic heterocycles. The van der Waals surface area contributed by atoms with E-state index >= 15 is 0 Å². The van der Waals surface area contributed by atoms with Crippen LogP contribution in [-0.2, 0) is 12.6 Å². The van der Waals surface area contributed by atoms with Crippen molar-refractivity contribution in [2.24, 2.45) is 0 Å². The van der Waals surface area contributed by atoms with Gasteiger partial charge in [0.25, 0.3) is 0 Å². The molecule has 46 valence electrons. The molecule has 2 nitrogen and oxygen atoms in total. The Morgan fingerprint density at radius 2 is 2.38 bits per heavy atom. The Morgan fingerprint density at radius 1 is 1.62 bits per heavy atom. The van der Waals surface area contributed by atoms with Crippen LogP contribution < -0.4 is 11.5 Å². The van der Waals surface area contributed by atoms with Crippen molar-refractivity contribution in [3.63, 3.8) is 0 Å². The summed E-state index contributed by atoms with van der Waals surface area (Å²) in [5.41, 5.74) is 0. The standard InChI is InChI=1S/C5H7NS.H3N/c7-5-3-1-2-4-6-5;/h2-4,6-7H,1H2;1H3. The Kier molecular flexibility index (Phi) is 3.23. The van der Waals surface area contributed by atoms with E-state index in [0.717, 1.165) is 11.4 Å². The van der Waals surface area contributed by atoms with Crippen molar-refractivity contribution in [3.05, 3.63) is 23.4 Å². The third-order valence-electron chi connectivity index (χ3n) is 0.783. The van der Waals surface area contributed by atoms with Crippen molar-refractivity contribution < 1.29 is 0 Å². The summed E-state index contributed by atoms with van der Waals surface area (Å²) in [7, 11) is 0. The summed E-state index contributed by atoms with van der Waals surface area (Å²) in [6.07, 6.45) is 6.83. The van der Waals surface area contributed by atoms with Crippen LogP contribution >= 0.6 is 0 Å². The Balaban J connectivity index is 0.000000490. The second-order valence-electron chi connectivity index (χ2n) is 1.35. The van der Waals surface area contributed by atoms with E-state index in [4.69, 9.17) is 12.6 Å². The van der Waals surface area contributed by atoms with E-state index < -0.39 is 0 Å². The fraction of sp³-hybridized carbons (Fsp3) is 0.200.